The van der Waals surface area contributed by atoms with Gasteiger partial charge in [-0.1, -0.05) is 22.8 Å². The second kappa shape index (κ2) is 7.63. The van der Waals surface area contributed by atoms with E-state index >= 15 is 0 Å². The number of carbonyl (C=O) groups is 2. The summed E-state index contributed by atoms with van der Waals surface area (Å²) in [5, 5.41) is 3.81. The summed E-state index contributed by atoms with van der Waals surface area (Å²) in [6, 6.07) is 6.95. The standard InChI is InChI=1S/C18H13ClFNO6/c1-9-14(16(21-27-9)15-11(19)4-3-5-12(15)20)18(23)25-8-10-6-7-13(26-10)17(22)24-2/h3-7H,8H2,1-2H3. The summed E-state index contributed by atoms with van der Waals surface area (Å²) >= 11 is 6.04. The van der Waals surface area contributed by atoms with E-state index in [9.17, 15) is 14.0 Å². The second-order valence-electron chi connectivity index (χ2n) is 5.39. The minimum absolute atomic E-state index is 0.0245. The Kier molecular flexibility index (Phi) is 5.27. The Morgan fingerprint density at radius 2 is 2.00 bits per heavy atom. The number of benzene rings is 1. The molecule has 0 aliphatic rings. The lowest BCUT2D eigenvalue weighted by Crippen LogP contribution is -2.07. The van der Waals surface area contributed by atoms with E-state index in [4.69, 9.17) is 25.3 Å². The van der Waals surface area contributed by atoms with Crippen LogP contribution in [0.1, 0.15) is 32.4 Å². The minimum Gasteiger partial charge on any atom is -0.463 e. The molecule has 0 atom stereocenters. The highest BCUT2D eigenvalue weighted by atomic mass is 35.5. The maximum atomic E-state index is 14.2. The fraction of sp³-hybridized carbons (Fsp3) is 0.167. The van der Waals surface area contributed by atoms with Gasteiger partial charge in [0.05, 0.1) is 17.7 Å². The van der Waals surface area contributed by atoms with Crippen LogP contribution in [0.3, 0.4) is 0 Å². The number of halogens is 2. The van der Waals surface area contributed by atoms with E-state index in [1.165, 1.54) is 44.4 Å². The van der Waals surface area contributed by atoms with Crippen LogP contribution in [0.2, 0.25) is 5.02 Å². The fourth-order valence-electron chi connectivity index (χ4n) is 2.38. The summed E-state index contributed by atoms with van der Waals surface area (Å²) in [7, 11) is 1.22. The minimum atomic E-state index is -0.806. The van der Waals surface area contributed by atoms with Crippen LogP contribution in [-0.4, -0.2) is 24.2 Å². The molecule has 7 nitrogen and oxygen atoms in total. The van der Waals surface area contributed by atoms with Crippen molar-refractivity contribution < 1.29 is 32.4 Å². The summed E-state index contributed by atoms with van der Waals surface area (Å²) in [5.41, 5.74) is -0.175. The summed E-state index contributed by atoms with van der Waals surface area (Å²) in [6.45, 7) is 1.23. The molecule has 1 aromatic carbocycles. The highest BCUT2D eigenvalue weighted by Gasteiger charge is 2.26. The molecule has 0 aliphatic heterocycles. The van der Waals surface area contributed by atoms with Crippen molar-refractivity contribution in [2.45, 2.75) is 13.5 Å². The zero-order valence-electron chi connectivity index (χ0n) is 14.2. The number of methoxy groups -OCH3 is 1. The van der Waals surface area contributed by atoms with Crippen molar-refractivity contribution in [1.29, 1.82) is 0 Å². The van der Waals surface area contributed by atoms with E-state index < -0.39 is 17.8 Å². The van der Waals surface area contributed by atoms with Crippen molar-refractivity contribution in [3.8, 4) is 11.3 Å². The van der Waals surface area contributed by atoms with Crippen molar-refractivity contribution >= 4 is 23.5 Å². The molecule has 0 spiro atoms. The molecule has 27 heavy (non-hydrogen) atoms. The summed E-state index contributed by atoms with van der Waals surface area (Å²) in [5.74, 6) is -1.77. The second-order valence-corrected chi connectivity index (χ2v) is 5.80. The summed E-state index contributed by atoms with van der Waals surface area (Å²) in [6.07, 6.45) is 0. The lowest BCUT2D eigenvalue weighted by molar-refractivity contribution is 0.0437. The Morgan fingerprint density at radius 3 is 2.70 bits per heavy atom. The number of furan rings is 1. The van der Waals surface area contributed by atoms with E-state index in [-0.39, 0.29) is 45.7 Å². The lowest BCUT2D eigenvalue weighted by Gasteiger charge is -2.06. The van der Waals surface area contributed by atoms with Crippen LogP contribution >= 0.6 is 11.6 Å². The van der Waals surface area contributed by atoms with Gasteiger partial charge in [0.15, 0.2) is 0 Å². The Labute approximate surface area is 157 Å². The molecule has 3 aromatic rings. The molecule has 3 rings (SSSR count). The third kappa shape index (κ3) is 3.70. The first kappa shape index (κ1) is 18.7. The van der Waals surface area contributed by atoms with Gasteiger partial charge < -0.3 is 18.4 Å². The number of aromatic nitrogens is 1. The molecular weight excluding hydrogens is 381 g/mol. The Morgan fingerprint density at radius 1 is 1.22 bits per heavy atom. The number of carbonyl (C=O) groups excluding carboxylic acids is 2. The largest absolute Gasteiger partial charge is 0.463 e. The molecule has 0 saturated heterocycles. The highest BCUT2D eigenvalue weighted by Crippen LogP contribution is 2.33. The summed E-state index contributed by atoms with van der Waals surface area (Å²) in [4.78, 5) is 23.9. The predicted molar refractivity (Wildman–Crippen MR) is 90.8 cm³/mol. The molecule has 0 unspecified atom stereocenters. The van der Waals surface area contributed by atoms with Crippen LogP contribution in [0, 0.1) is 12.7 Å². The number of ether oxygens (including phenoxy) is 2. The van der Waals surface area contributed by atoms with Gasteiger partial charge in [-0.05, 0) is 31.2 Å². The van der Waals surface area contributed by atoms with Gasteiger partial charge in [0.1, 0.15) is 35.2 Å². The highest BCUT2D eigenvalue weighted by molar-refractivity contribution is 6.33. The average Bonchev–Trinajstić information content (AvgIpc) is 3.26. The Bertz CT molecular complexity index is 989. The normalized spacial score (nSPS) is 10.7. The molecule has 2 heterocycles. The number of rotatable bonds is 5. The molecule has 140 valence electrons. The summed E-state index contributed by atoms with van der Waals surface area (Å²) < 4.78 is 34.1. The van der Waals surface area contributed by atoms with E-state index in [1.54, 1.807) is 0 Å². The third-order valence-corrected chi connectivity index (χ3v) is 3.98. The van der Waals surface area contributed by atoms with E-state index in [0.29, 0.717) is 0 Å². The zero-order valence-corrected chi connectivity index (χ0v) is 15.0. The smallest absolute Gasteiger partial charge is 0.373 e. The molecule has 0 fully saturated rings. The van der Waals surface area contributed by atoms with Gasteiger partial charge in [-0.25, -0.2) is 14.0 Å². The van der Waals surface area contributed by atoms with Gasteiger partial charge in [-0.2, -0.15) is 0 Å². The Hall–Kier alpha value is -3.13. The quantitative estimate of drug-likeness (QED) is 0.600. The zero-order chi connectivity index (χ0) is 19.6. The van der Waals surface area contributed by atoms with Crippen LogP contribution < -0.4 is 0 Å². The number of nitrogens with zero attached hydrogens (tertiary/aromatic N) is 1. The van der Waals surface area contributed by atoms with Crippen LogP contribution in [0.25, 0.3) is 11.3 Å². The topological polar surface area (TPSA) is 91.8 Å². The van der Waals surface area contributed by atoms with Crippen LogP contribution in [0.4, 0.5) is 4.39 Å². The third-order valence-electron chi connectivity index (χ3n) is 3.66. The molecule has 0 N–H and O–H groups in total. The van der Waals surface area contributed by atoms with E-state index in [1.807, 2.05) is 0 Å². The van der Waals surface area contributed by atoms with Gasteiger partial charge in [0.25, 0.3) is 0 Å². The Balaban J connectivity index is 1.83. The first-order valence-electron chi connectivity index (χ1n) is 7.67. The van der Waals surface area contributed by atoms with Crippen LogP contribution in [0.5, 0.6) is 0 Å². The first-order chi connectivity index (χ1) is 12.9. The predicted octanol–water partition coefficient (Wildman–Crippen LogP) is 4.18. The molecule has 0 amide bonds. The van der Waals surface area contributed by atoms with Gasteiger partial charge in [0.2, 0.25) is 5.76 Å². The number of aryl methyl sites for hydroxylation is 1. The SMILES string of the molecule is COC(=O)c1ccc(COC(=O)c2c(-c3c(F)cccc3Cl)noc2C)o1. The molecule has 2 aromatic heterocycles. The maximum Gasteiger partial charge on any atom is 0.373 e. The number of esters is 2. The van der Waals surface area contributed by atoms with Gasteiger partial charge >= 0.3 is 11.9 Å². The van der Waals surface area contributed by atoms with Crippen molar-refractivity contribution in [2.75, 3.05) is 7.11 Å². The van der Waals surface area contributed by atoms with Gasteiger partial charge in [0, 0.05) is 0 Å². The van der Waals surface area contributed by atoms with Gasteiger partial charge in [-0.15, -0.1) is 0 Å². The lowest BCUT2D eigenvalue weighted by atomic mass is 10.1. The molecule has 9 heteroatoms. The molecular formula is C18H13ClFNO6. The van der Waals surface area contributed by atoms with Gasteiger partial charge in [-0.3, -0.25) is 0 Å². The van der Waals surface area contributed by atoms with E-state index in [0.717, 1.165) is 0 Å². The molecule has 0 bridgehead atoms. The van der Waals surface area contributed by atoms with E-state index in [2.05, 4.69) is 9.89 Å². The molecule has 0 aliphatic carbocycles. The number of hydrogen-bond acceptors (Lipinski definition) is 7. The van der Waals surface area contributed by atoms with Crippen molar-refractivity contribution in [2.24, 2.45) is 0 Å². The van der Waals surface area contributed by atoms with Crippen molar-refractivity contribution in [1.82, 2.24) is 5.16 Å². The van der Waals surface area contributed by atoms with Crippen LogP contribution in [0.15, 0.2) is 39.3 Å². The van der Waals surface area contributed by atoms with Crippen molar-refractivity contribution in [3.63, 3.8) is 0 Å². The van der Waals surface area contributed by atoms with Crippen molar-refractivity contribution in [3.05, 3.63) is 64.0 Å². The maximum absolute atomic E-state index is 14.2. The fourth-order valence-corrected chi connectivity index (χ4v) is 2.63. The first-order valence-corrected chi connectivity index (χ1v) is 8.05. The number of hydrogen-bond donors (Lipinski definition) is 0. The molecule has 0 saturated carbocycles. The monoisotopic (exact) mass is 393 g/mol. The average molecular weight is 394 g/mol. The van der Waals surface area contributed by atoms with Crippen LogP contribution in [-0.2, 0) is 16.1 Å². The molecule has 0 radical (unpaired) electrons.